The molecule has 1 atom stereocenters. The normalized spacial score (nSPS) is 21.9. The number of carbonyl (C=O) groups is 2. The average molecular weight is 353 g/mol. The standard InChI is InChI=1S/C19H19N3O4/c1-10-14(16(23)26-18(2,3)4)19(17(24)22-10)11-7-5-6-8-13(11)25-15(21)12(19)9-20/h5-8H,21H2,1-4H3,(H,22,24)/t19-/m0/s1. The van der Waals surface area contributed by atoms with E-state index in [9.17, 15) is 14.9 Å². The van der Waals surface area contributed by atoms with E-state index < -0.39 is 22.9 Å². The number of rotatable bonds is 1. The van der Waals surface area contributed by atoms with Crippen LogP contribution in [-0.4, -0.2) is 17.5 Å². The van der Waals surface area contributed by atoms with Crippen LogP contribution < -0.4 is 15.8 Å². The Bertz CT molecular complexity index is 931. The first-order valence-corrected chi connectivity index (χ1v) is 8.06. The molecular formula is C19H19N3O4. The van der Waals surface area contributed by atoms with Crippen LogP contribution in [0.2, 0.25) is 0 Å². The number of ether oxygens (including phenoxy) is 2. The quantitative estimate of drug-likeness (QED) is 0.744. The molecule has 3 rings (SSSR count). The minimum atomic E-state index is -1.69. The van der Waals surface area contributed by atoms with Crippen molar-refractivity contribution in [3.8, 4) is 11.8 Å². The highest BCUT2D eigenvalue weighted by Crippen LogP contribution is 2.51. The van der Waals surface area contributed by atoms with Crippen molar-refractivity contribution in [2.24, 2.45) is 5.73 Å². The van der Waals surface area contributed by atoms with E-state index in [1.807, 2.05) is 6.07 Å². The molecule has 0 unspecified atom stereocenters. The summed E-state index contributed by atoms with van der Waals surface area (Å²) in [6.45, 7) is 6.77. The molecule has 0 saturated carbocycles. The van der Waals surface area contributed by atoms with Gasteiger partial charge < -0.3 is 20.5 Å². The van der Waals surface area contributed by atoms with Crippen molar-refractivity contribution in [3.05, 3.63) is 52.6 Å². The Kier molecular flexibility index (Phi) is 3.80. The Labute approximate surface area is 151 Å². The van der Waals surface area contributed by atoms with Gasteiger partial charge in [-0.15, -0.1) is 0 Å². The Balaban J connectivity index is 2.34. The molecule has 26 heavy (non-hydrogen) atoms. The van der Waals surface area contributed by atoms with E-state index in [1.54, 1.807) is 52.0 Å². The van der Waals surface area contributed by atoms with Gasteiger partial charge in [0.25, 0.3) is 0 Å². The van der Waals surface area contributed by atoms with E-state index in [-0.39, 0.29) is 17.0 Å². The number of benzene rings is 1. The lowest BCUT2D eigenvalue weighted by Gasteiger charge is -2.35. The fraction of sp³-hybridized carbons (Fsp3) is 0.316. The molecule has 2 aliphatic rings. The van der Waals surface area contributed by atoms with E-state index >= 15 is 0 Å². The van der Waals surface area contributed by atoms with Gasteiger partial charge in [0.2, 0.25) is 11.8 Å². The Hall–Kier alpha value is -3.27. The lowest BCUT2D eigenvalue weighted by atomic mass is 9.68. The van der Waals surface area contributed by atoms with Crippen molar-refractivity contribution < 1.29 is 19.1 Å². The smallest absolute Gasteiger partial charge is 0.338 e. The van der Waals surface area contributed by atoms with Crippen molar-refractivity contribution in [2.45, 2.75) is 38.7 Å². The van der Waals surface area contributed by atoms with Crippen LogP contribution in [0.3, 0.4) is 0 Å². The molecule has 0 aromatic heterocycles. The highest BCUT2D eigenvalue weighted by molar-refractivity contribution is 6.12. The highest BCUT2D eigenvalue weighted by Gasteiger charge is 2.60. The Morgan fingerprint density at radius 2 is 2.00 bits per heavy atom. The van der Waals surface area contributed by atoms with Crippen LogP contribution >= 0.6 is 0 Å². The molecule has 2 heterocycles. The van der Waals surface area contributed by atoms with E-state index in [2.05, 4.69) is 5.32 Å². The van der Waals surface area contributed by atoms with Gasteiger partial charge >= 0.3 is 5.97 Å². The SMILES string of the molecule is CC1=C(C(=O)OC(C)(C)C)[C@@]2(C(=O)N1)C(C#N)=C(N)Oc1ccccc12. The van der Waals surface area contributed by atoms with Gasteiger partial charge in [0.1, 0.15) is 23.0 Å². The maximum Gasteiger partial charge on any atom is 0.338 e. The topological polar surface area (TPSA) is 114 Å². The third-order valence-electron chi connectivity index (χ3n) is 4.24. The second kappa shape index (κ2) is 5.63. The summed E-state index contributed by atoms with van der Waals surface area (Å²) >= 11 is 0. The number of hydrogen-bond acceptors (Lipinski definition) is 6. The summed E-state index contributed by atoms with van der Waals surface area (Å²) in [6.07, 6.45) is 0. The summed E-state index contributed by atoms with van der Waals surface area (Å²) in [6, 6.07) is 8.64. The maximum atomic E-state index is 13.1. The van der Waals surface area contributed by atoms with Crippen LogP contribution in [0.1, 0.15) is 33.3 Å². The maximum absolute atomic E-state index is 13.1. The molecule has 1 aromatic carbocycles. The third-order valence-corrected chi connectivity index (χ3v) is 4.24. The minimum Gasteiger partial charge on any atom is -0.457 e. The number of hydrogen-bond donors (Lipinski definition) is 2. The summed E-state index contributed by atoms with van der Waals surface area (Å²) in [5, 5.41) is 12.4. The van der Waals surface area contributed by atoms with Gasteiger partial charge in [0.15, 0.2) is 5.41 Å². The van der Waals surface area contributed by atoms with Gasteiger partial charge in [0, 0.05) is 11.3 Å². The molecule has 0 radical (unpaired) electrons. The van der Waals surface area contributed by atoms with E-state index in [1.165, 1.54) is 0 Å². The highest BCUT2D eigenvalue weighted by atomic mass is 16.6. The Morgan fingerprint density at radius 1 is 1.35 bits per heavy atom. The first-order valence-electron chi connectivity index (χ1n) is 8.06. The molecule has 3 N–H and O–H groups in total. The first kappa shape index (κ1) is 17.5. The fourth-order valence-electron chi connectivity index (χ4n) is 3.35. The zero-order valence-corrected chi connectivity index (χ0v) is 15.0. The van der Waals surface area contributed by atoms with E-state index in [0.717, 1.165) is 0 Å². The first-order chi connectivity index (χ1) is 12.1. The molecular weight excluding hydrogens is 334 g/mol. The zero-order chi connectivity index (χ0) is 19.3. The van der Waals surface area contributed by atoms with Crippen molar-refractivity contribution in [3.63, 3.8) is 0 Å². The molecule has 1 spiro atoms. The van der Waals surface area contributed by atoms with Gasteiger partial charge in [-0.1, -0.05) is 18.2 Å². The molecule has 0 aliphatic carbocycles. The molecule has 0 saturated heterocycles. The van der Waals surface area contributed by atoms with Crippen molar-refractivity contribution in [1.29, 1.82) is 5.26 Å². The van der Waals surface area contributed by atoms with Crippen LogP contribution in [0.25, 0.3) is 0 Å². The van der Waals surface area contributed by atoms with Gasteiger partial charge in [0.05, 0.1) is 5.57 Å². The van der Waals surface area contributed by atoms with Gasteiger partial charge in [-0.3, -0.25) is 4.79 Å². The molecule has 7 nitrogen and oxygen atoms in total. The minimum absolute atomic E-state index is 0.0488. The molecule has 2 aliphatic heterocycles. The summed E-state index contributed by atoms with van der Waals surface area (Å²) in [7, 11) is 0. The van der Waals surface area contributed by atoms with Crippen molar-refractivity contribution in [1.82, 2.24) is 5.32 Å². The molecule has 1 aromatic rings. The number of esters is 1. The van der Waals surface area contributed by atoms with Crippen molar-refractivity contribution in [2.75, 3.05) is 0 Å². The van der Waals surface area contributed by atoms with Gasteiger partial charge in [-0.2, -0.15) is 5.26 Å². The van der Waals surface area contributed by atoms with Crippen molar-refractivity contribution >= 4 is 11.9 Å². The Morgan fingerprint density at radius 3 is 2.62 bits per heavy atom. The predicted octanol–water partition coefficient (Wildman–Crippen LogP) is 1.76. The largest absolute Gasteiger partial charge is 0.457 e. The van der Waals surface area contributed by atoms with Gasteiger partial charge in [-0.05, 0) is 33.8 Å². The lowest BCUT2D eigenvalue weighted by Crippen LogP contribution is -2.46. The summed E-state index contributed by atoms with van der Waals surface area (Å²) in [4.78, 5) is 26.0. The fourth-order valence-corrected chi connectivity index (χ4v) is 3.35. The summed E-state index contributed by atoms with van der Waals surface area (Å²) < 4.78 is 11.0. The molecule has 134 valence electrons. The third kappa shape index (κ3) is 2.34. The predicted molar refractivity (Wildman–Crippen MR) is 92.3 cm³/mol. The van der Waals surface area contributed by atoms with Gasteiger partial charge in [-0.25, -0.2) is 4.79 Å². The monoisotopic (exact) mass is 353 g/mol. The second-order valence-corrected chi connectivity index (χ2v) is 7.16. The average Bonchev–Trinajstić information content (AvgIpc) is 2.77. The molecule has 0 fully saturated rings. The molecule has 1 amide bonds. The van der Waals surface area contributed by atoms with E-state index in [4.69, 9.17) is 15.2 Å². The van der Waals surface area contributed by atoms with Crippen LogP contribution in [-0.2, 0) is 19.7 Å². The summed E-state index contributed by atoms with van der Waals surface area (Å²) in [5.74, 6) is -1.12. The van der Waals surface area contributed by atoms with Crippen LogP contribution in [0.15, 0.2) is 47.0 Å². The number of nitrogens with two attached hydrogens (primary N) is 1. The number of para-hydroxylation sites is 1. The number of carbonyl (C=O) groups excluding carboxylic acids is 2. The number of nitrogens with zero attached hydrogens (tertiary/aromatic N) is 1. The van der Waals surface area contributed by atoms with Crippen LogP contribution in [0, 0.1) is 11.3 Å². The summed E-state index contributed by atoms with van der Waals surface area (Å²) in [5.41, 5.74) is 4.08. The second-order valence-electron chi connectivity index (χ2n) is 7.16. The number of amides is 1. The van der Waals surface area contributed by atoms with Crippen LogP contribution in [0.5, 0.6) is 5.75 Å². The molecule has 7 heteroatoms. The number of nitrogens with one attached hydrogen (secondary N) is 1. The number of fused-ring (bicyclic) bond motifs is 2. The zero-order valence-electron chi connectivity index (χ0n) is 15.0. The van der Waals surface area contributed by atoms with E-state index in [0.29, 0.717) is 17.0 Å². The lowest BCUT2D eigenvalue weighted by molar-refractivity contribution is -0.151. The number of nitriles is 1. The molecule has 0 bridgehead atoms. The van der Waals surface area contributed by atoms with Crippen LogP contribution in [0.4, 0.5) is 0 Å². The number of allylic oxidation sites excluding steroid dienone is 1.